The quantitative estimate of drug-likeness (QED) is 0.779. The minimum Gasteiger partial charge on any atom is -0.444 e. The topological polar surface area (TPSA) is 72.3 Å². The lowest BCUT2D eigenvalue weighted by molar-refractivity contribution is 0.00665. The standard InChI is InChI=1S/C16H31N5O2/c1-15(2,3)21(14(22)23-16(4,5)6)13-9-17-8-7-11-20-12-10-18-19-20/h10,12,17H,7-9,11,13H2,1-6H3. The summed E-state index contributed by atoms with van der Waals surface area (Å²) >= 11 is 0. The minimum absolute atomic E-state index is 0.269. The van der Waals surface area contributed by atoms with Crippen molar-refractivity contribution in [1.29, 1.82) is 0 Å². The molecule has 0 aliphatic rings. The minimum atomic E-state index is -0.480. The number of nitrogens with zero attached hydrogens (tertiary/aromatic N) is 4. The van der Waals surface area contributed by atoms with Crippen molar-refractivity contribution in [2.24, 2.45) is 0 Å². The lowest BCUT2D eigenvalue weighted by Gasteiger charge is -2.36. The third kappa shape index (κ3) is 7.97. The average Bonchev–Trinajstić information content (AvgIpc) is 2.86. The predicted octanol–water partition coefficient (Wildman–Crippen LogP) is 2.29. The molecule has 0 spiro atoms. The summed E-state index contributed by atoms with van der Waals surface area (Å²) in [5.74, 6) is 0. The first-order valence-corrected chi connectivity index (χ1v) is 8.15. The summed E-state index contributed by atoms with van der Waals surface area (Å²) in [6.45, 7) is 14.7. The summed E-state index contributed by atoms with van der Waals surface area (Å²) in [6, 6.07) is 0. The van der Waals surface area contributed by atoms with Crippen LogP contribution in [0.15, 0.2) is 12.4 Å². The van der Waals surface area contributed by atoms with Crippen molar-refractivity contribution in [3.8, 4) is 0 Å². The molecule has 1 N–H and O–H groups in total. The zero-order chi connectivity index (χ0) is 17.5. The van der Waals surface area contributed by atoms with E-state index in [0.717, 1.165) is 26.1 Å². The molecule has 0 bridgehead atoms. The zero-order valence-electron chi connectivity index (χ0n) is 15.3. The van der Waals surface area contributed by atoms with Crippen molar-refractivity contribution < 1.29 is 9.53 Å². The maximum absolute atomic E-state index is 12.3. The lowest BCUT2D eigenvalue weighted by Crippen LogP contribution is -2.50. The van der Waals surface area contributed by atoms with Gasteiger partial charge in [0.25, 0.3) is 0 Å². The highest BCUT2D eigenvalue weighted by Gasteiger charge is 2.30. The Morgan fingerprint density at radius 2 is 1.91 bits per heavy atom. The van der Waals surface area contributed by atoms with E-state index in [1.807, 2.05) is 52.4 Å². The second-order valence-electron chi connectivity index (χ2n) is 7.57. The Bertz CT molecular complexity index is 460. The van der Waals surface area contributed by atoms with Crippen LogP contribution in [0.5, 0.6) is 0 Å². The summed E-state index contributed by atoms with van der Waals surface area (Å²) in [6.07, 6.45) is 4.22. The first-order valence-electron chi connectivity index (χ1n) is 8.15. The molecular formula is C16H31N5O2. The van der Waals surface area contributed by atoms with Crippen molar-refractivity contribution in [2.75, 3.05) is 19.6 Å². The summed E-state index contributed by atoms with van der Waals surface area (Å²) in [5.41, 5.74) is -0.753. The number of ether oxygens (including phenoxy) is 1. The van der Waals surface area contributed by atoms with E-state index in [1.54, 1.807) is 11.1 Å². The number of aromatic nitrogens is 3. The van der Waals surface area contributed by atoms with Gasteiger partial charge in [-0.3, -0.25) is 4.68 Å². The number of amides is 1. The molecule has 0 aliphatic carbocycles. The number of aryl methyl sites for hydroxylation is 1. The molecule has 1 heterocycles. The van der Waals surface area contributed by atoms with Gasteiger partial charge in [-0.1, -0.05) is 5.21 Å². The molecular weight excluding hydrogens is 294 g/mol. The van der Waals surface area contributed by atoms with Crippen LogP contribution in [0.2, 0.25) is 0 Å². The predicted molar refractivity (Wildman–Crippen MR) is 90.2 cm³/mol. The van der Waals surface area contributed by atoms with Crippen molar-refractivity contribution in [3.63, 3.8) is 0 Å². The van der Waals surface area contributed by atoms with Gasteiger partial charge in [0.05, 0.1) is 6.20 Å². The van der Waals surface area contributed by atoms with Crippen molar-refractivity contribution in [3.05, 3.63) is 12.4 Å². The molecule has 0 fully saturated rings. The average molecular weight is 325 g/mol. The van der Waals surface area contributed by atoms with Crippen molar-refractivity contribution >= 4 is 6.09 Å². The van der Waals surface area contributed by atoms with Crippen molar-refractivity contribution in [2.45, 2.75) is 65.6 Å². The SMILES string of the molecule is CC(C)(C)OC(=O)N(CCNCCCn1ccnn1)C(C)(C)C. The molecule has 132 valence electrons. The van der Waals surface area contributed by atoms with Gasteiger partial charge >= 0.3 is 6.09 Å². The Morgan fingerprint density at radius 3 is 2.43 bits per heavy atom. The number of nitrogens with one attached hydrogen (secondary N) is 1. The van der Waals surface area contributed by atoms with Crippen LogP contribution in [-0.2, 0) is 11.3 Å². The molecule has 0 atom stereocenters. The molecule has 7 heteroatoms. The van der Waals surface area contributed by atoms with Crippen LogP contribution < -0.4 is 5.32 Å². The first-order chi connectivity index (χ1) is 10.6. The second kappa shape index (κ2) is 8.29. The van der Waals surface area contributed by atoms with Crippen LogP contribution in [0.3, 0.4) is 0 Å². The molecule has 0 unspecified atom stereocenters. The van der Waals surface area contributed by atoms with Gasteiger partial charge in [-0.25, -0.2) is 4.79 Å². The lowest BCUT2D eigenvalue weighted by atomic mass is 10.1. The van der Waals surface area contributed by atoms with E-state index in [-0.39, 0.29) is 11.6 Å². The van der Waals surface area contributed by atoms with Gasteiger partial charge in [-0.2, -0.15) is 0 Å². The number of carbonyl (C=O) groups excluding carboxylic acids is 1. The zero-order valence-corrected chi connectivity index (χ0v) is 15.3. The van der Waals surface area contributed by atoms with Gasteiger partial charge < -0.3 is 15.0 Å². The maximum Gasteiger partial charge on any atom is 0.410 e. The summed E-state index contributed by atoms with van der Waals surface area (Å²) in [4.78, 5) is 14.1. The van der Waals surface area contributed by atoms with E-state index in [9.17, 15) is 4.79 Å². The number of hydrogen-bond donors (Lipinski definition) is 1. The molecule has 1 amide bonds. The number of hydrogen-bond acceptors (Lipinski definition) is 5. The maximum atomic E-state index is 12.3. The Balaban J connectivity index is 2.32. The normalized spacial score (nSPS) is 12.3. The van der Waals surface area contributed by atoms with Crippen LogP contribution in [0.25, 0.3) is 0 Å². The molecule has 0 aromatic carbocycles. The van der Waals surface area contributed by atoms with Gasteiger partial charge in [-0.15, -0.1) is 5.10 Å². The second-order valence-corrected chi connectivity index (χ2v) is 7.57. The smallest absolute Gasteiger partial charge is 0.410 e. The van der Waals surface area contributed by atoms with Crippen LogP contribution >= 0.6 is 0 Å². The fourth-order valence-electron chi connectivity index (χ4n) is 2.05. The van der Waals surface area contributed by atoms with Gasteiger partial charge in [0.2, 0.25) is 0 Å². The van der Waals surface area contributed by atoms with E-state index in [1.165, 1.54) is 0 Å². The van der Waals surface area contributed by atoms with Crippen LogP contribution in [0.1, 0.15) is 48.0 Å². The number of rotatable bonds is 7. The molecule has 23 heavy (non-hydrogen) atoms. The monoisotopic (exact) mass is 325 g/mol. The van der Waals surface area contributed by atoms with E-state index >= 15 is 0 Å². The molecule has 0 aliphatic heterocycles. The van der Waals surface area contributed by atoms with E-state index in [2.05, 4.69) is 15.6 Å². The van der Waals surface area contributed by atoms with Crippen molar-refractivity contribution in [1.82, 2.24) is 25.2 Å². The summed E-state index contributed by atoms with van der Waals surface area (Å²) in [5, 5.41) is 11.0. The molecule has 0 saturated heterocycles. The largest absolute Gasteiger partial charge is 0.444 e. The third-order valence-electron chi connectivity index (χ3n) is 3.15. The highest BCUT2D eigenvalue weighted by Crippen LogP contribution is 2.17. The molecule has 1 aromatic rings. The summed E-state index contributed by atoms with van der Waals surface area (Å²) < 4.78 is 7.30. The molecule has 0 saturated carbocycles. The highest BCUT2D eigenvalue weighted by atomic mass is 16.6. The van der Waals surface area contributed by atoms with E-state index < -0.39 is 5.60 Å². The summed E-state index contributed by atoms with van der Waals surface area (Å²) in [7, 11) is 0. The molecule has 1 rings (SSSR count). The molecule has 1 aromatic heterocycles. The first kappa shape index (κ1) is 19.4. The van der Waals surface area contributed by atoms with Crippen LogP contribution in [-0.4, -0.2) is 56.8 Å². The van der Waals surface area contributed by atoms with E-state index in [0.29, 0.717) is 6.54 Å². The van der Waals surface area contributed by atoms with Crippen LogP contribution in [0, 0.1) is 0 Å². The highest BCUT2D eigenvalue weighted by molar-refractivity contribution is 5.69. The van der Waals surface area contributed by atoms with Gasteiger partial charge in [0, 0.05) is 31.4 Å². The Hall–Kier alpha value is -1.63. The van der Waals surface area contributed by atoms with Crippen LogP contribution in [0.4, 0.5) is 4.79 Å². The Morgan fingerprint density at radius 1 is 1.22 bits per heavy atom. The Kier molecular flexibility index (Phi) is 7.00. The number of carbonyl (C=O) groups is 1. The van der Waals surface area contributed by atoms with Gasteiger partial charge in [0.15, 0.2) is 0 Å². The van der Waals surface area contributed by atoms with E-state index in [4.69, 9.17) is 4.74 Å². The Labute approximate surface area is 139 Å². The third-order valence-corrected chi connectivity index (χ3v) is 3.15. The molecule has 7 nitrogen and oxygen atoms in total. The van der Waals surface area contributed by atoms with Gasteiger partial charge in [0.1, 0.15) is 5.60 Å². The molecule has 0 radical (unpaired) electrons. The van der Waals surface area contributed by atoms with Gasteiger partial charge in [-0.05, 0) is 54.5 Å². The fourth-order valence-corrected chi connectivity index (χ4v) is 2.05. The fraction of sp³-hybridized carbons (Fsp3) is 0.812.